The van der Waals surface area contributed by atoms with Crippen molar-refractivity contribution >= 4 is 30.7 Å². The lowest BCUT2D eigenvalue weighted by molar-refractivity contribution is -0.121. The fourth-order valence-electron chi connectivity index (χ4n) is 3.74. The van der Waals surface area contributed by atoms with Crippen LogP contribution < -0.4 is 11.1 Å². The summed E-state index contributed by atoms with van der Waals surface area (Å²) in [4.78, 5) is 14.7. The Balaban J connectivity index is 0.00000210. The minimum atomic E-state index is -0.263. The van der Waals surface area contributed by atoms with Gasteiger partial charge < -0.3 is 11.1 Å². The zero-order chi connectivity index (χ0) is 19.1. The molecule has 2 aromatic carbocycles. The third-order valence-corrected chi connectivity index (χ3v) is 5.29. The lowest BCUT2D eigenvalue weighted by atomic mass is 9.99. The van der Waals surface area contributed by atoms with Crippen LogP contribution in [0.25, 0.3) is 0 Å². The Labute approximate surface area is 187 Å². The SMILES string of the molecule is CC1CCCN(Cc2ccc(CNC(=O)CC(N)c3ccccc3)cc2)C1.Cl.Cl. The zero-order valence-corrected chi connectivity index (χ0v) is 18.7. The van der Waals surface area contributed by atoms with Crippen LogP contribution in [0, 0.1) is 5.92 Å². The lowest BCUT2D eigenvalue weighted by Crippen LogP contribution is -2.33. The molecule has 1 aliphatic heterocycles. The number of hydrogen-bond acceptors (Lipinski definition) is 3. The van der Waals surface area contributed by atoms with Gasteiger partial charge in [0, 0.05) is 32.1 Å². The number of hydrogen-bond donors (Lipinski definition) is 2. The molecule has 1 amide bonds. The zero-order valence-electron chi connectivity index (χ0n) is 17.0. The predicted octanol–water partition coefficient (Wildman–Crippen LogP) is 4.47. The third kappa shape index (κ3) is 8.35. The highest BCUT2D eigenvalue weighted by atomic mass is 35.5. The van der Waals surface area contributed by atoms with E-state index in [-0.39, 0.29) is 36.8 Å². The molecule has 1 aliphatic rings. The van der Waals surface area contributed by atoms with Crippen molar-refractivity contribution < 1.29 is 4.79 Å². The first kappa shape index (κ1) is 25.4. The first-order valence-electron chi connectivity index (χ1n) is 9.97. The summed E-state index contributed by atoms with van der Waals surface area (Å²) in [5, 5.41) is 2.98. The Kier molecular flexibility index (Phi) is 11.3. The highest BCUT2D eigenvalue weighted by Gasteiger charge is 2.16. The van der Waals surface area contributed by atoms with Crippen molar-refractivity contribution in [2.24, 2.45) is 11.7 Å². The minimum Gasteiger partial charge on any atom is -0.352 e. The minimum absolute atomic E-state index is 0. The van der Waals surface area contributed by atoms with E-state index in [1.165, 1.54) is 31.5 Å². The number of rotatable bonds is 7. The van der Waals surface area contributed by atoms with Crippen LogP contribution in [0.5, 0.6) is 0 Å². The summed E-state index contributed by atoms with van der Waals surface area (Å²) in [7, 11) is 0. The molecule has 1 fully saturated rings. The van der Waals surface area contributed by atoms with Crippen molar-refractivity contribution in [3.8, 4) is 0 Å². The largest absolute Gasteiger partial charge is 0.352 e. The Hall–Kier alpha value is -1.59. The molecule has 3 N–H and O–H groups in total. The van der Waals surface area contributed by atoms with Crippen molar-refractivity contribution in [3.05, 3.63) is 71.3 Å². The van der Waals surface area contributed by atoms with E-state index in [9.17, 15) is 4.79 Å². The van der Waals surface area contributed by atoms with Crippen molar-refractivity contribution in [3.63, 3.8) is 0 Å². The van der Waals surface area contributed by atoms with Crippen LogP contribution in [0.15, 0.2) is 54.6 Å². The number of carbonyl (C=O) groups is 1. The van der Waals surface area contributed by atoms with Crippen LogP contribution in [0.1, 0.15) is 48.9 Å². The second-order valence-corrected chi connectivity index (χ2v) is 7.80. The van der Waals surface area contributed by atoms with E-state index in [0.29, 0.717) is 13.0 Å². The van der Waals surface area contributed by atoms with Crippen LogP contribution in [0.3, 0.4) is 0 Å². The van der Waals surface area contributed by atoms with Crippen molar-refractivity contribution in [1.29, 1.82) is 0 Å². The summed E-state index contributed by atoms with van der Waals surface area (Å²) in [6.45, 7) is 6.29. The van der Waals surface area contributed by atoms with Crippen molar-refractivity contribution in [1.82, 2.24) is 10.2 Å². The highest BCUT2D eigenvalue weighted by molar-refractivity contribution is 5.85. The lowest BCUT2D eigenvalue weighted by Gasteiger charge is -2.30. The van der Waals surface area contributed by atoms with Gasteiger partial charge in [-0.2, -0.15) is 0 Å². The molecule has 29 heavy (non-hydrogen) atoms. The van der Waals surface area contributed by atoms with E-state index in [1.807, 2.05) is 30.3 Å². The molecule has 2 unspecified atom stereocenters. The number of piperidine rings is 1. The summed E-state index contributed by atoms with van der Waals surface area (Å²) < 4.78 is 0. The Bertz CT molecular complexity index is 725. The van der Waals surface area contributed by atoms with E-state index < -0.39 is 0 Å². The van der Waals surface area contributed by atoms with E-state index in [4.69, 9.17) is 5.73 Å². The van der Waals surface area contributed by atoms with Gasteiger partial charge in [-0.25, -0.2) is 0 Å². The second kappa shape index (κ2) is 12.9. The van der Waals surface area contributed by atoms with Crippen LogP contribution in [0.4, 0.5) is 0 Å². The monoisotopic (exact) mass is 437 g/mol. The molecule has 2 atom stereocenters. The smallest absolute Gasteiger partial charge is 0.222 e. The molecule has 0 saturated carbocycles. The molecule has 0 spiro atoms. The van der Waals surface area contributed by atoms with Crippen LogP contribution in [-0.2, 0) is 17.9 Å². The normalized spacial score (nSPS) is 17.5. The van der Waals surface area contributed by atoms with Crippen LogP contribution in [-0.4, -0.2) is 23.9 Å². The molecule has 0 aromatic heterocycles. The quantitative estimate of drug-likeness (QED) is 0.671. The number of amides is 1. The maximum atomic E-state index is 12.2. The van der Waals surface area contributed by atoms with Gasteiger partial charge in [0.05, 0.1) is 0 Å². The first-order chi connectivity index (χ1) is 13.1. The van der Waals surface area contributed by atoms with E-state index in [1.54, 1.807) is 0 Å². The number of nitrogens with one attached hydrogen (secondary N) is 1. The first-order valence-corrected chi connectivity index (χ1v) is 9.97. The standard InChI is InChI=1S/C23H31N3O.2ClH/c1-18-6-5-13-26(16-18)17-20-11-9-19(10-12-20)15-25-23(27)14-22(24)21-7-3-2-4-8-21;;/h2-4,7-12,18,22H,5-6,13-17,24H2,1H3,(H,25,27);2*1H. The molecule has 1 saturated heterocycles. The molecular weight excluding hydrogens is 405 g/mol. The number of carbonyl (C=O) groups excluding carboxylic acids is 1. The summed E-state index contributed by atoms with van der Waals surface area (Å²) in [5.74, 6) is 0.785. The number of likely N-dealkylation sites (tertiary alicyclic amines) is 1. The summed E-state index contributed by atoms with van der Waals surface area (Å²) in [6, 6.07) is 18.1. The number of halogens is 2. The summed E-state index contributed by atoms with van der Waals surface area (Å²) in [5.41, 5.74) is 9.56. The van der Waals surface area contributed by atoms with Gasteiger partial charge in [0.1, 0.15) is 0 Å². The van der Waals surface area contributed by atoms with Crippen molar-refractivity contribution in [2.45, 2.75) is 45.3 Å². The molecule has 0 radical (unpaired) electrons. The van der Waals surface area contributed by atoms with Gasteiger partial charge in [0.15, 0.2) is 0 Å². The fourth-order valence-corrected chi connectivity index (χ4v) is 3.74. The van der Waals surface area contributed by atoms with Crippen LogP contribution >= 0.6 is 24.8 Å². The van der Waals surface area contributed by atoms with Gasteiger partial charge in [-0.1, -0.05) is 61.5 Å². The average Bonchev–Trinajstić information content (AvgIpc) is 2.68. The topological polar surface area (TPSA) is 58.4 Å². The molecule has 4 nitrogen and oxygen atoms in total. The molecule has 0 bridgehead atoms. The van der Waals surface area contributed by atoms with E-state index in [2.05, 4.69) is 41.4 Å². The van der Waals surface area contributed by atoms with Gasteiger partial charge >= 0.3 is 0 Å². The summed E-state index contributed by atoms with van der Waals surface area (Å²) >= 11 is 0. The maximum absolute atomic E-state index is 12.2. The molecule has 0 aliphatic carbocycles. The predicted molar refractivity (Wildman–Crippen MR) is 124 cm³/mol. The molecule has 2 aromatic rings. The number of benzene rings is 2. The Morgan fingerprint density at radius 2 is 1.76 bits per heavy atom. The van der Waals surface area contributed by atoms with E-state index in [0.717, 1.165) is 23.6 Å². The molecule has 160 valence electrons. The molecule has 1 heterocycles. The van der Waals surface area contributed by atoms with Gasteiger partial charge in [-0.05, 0) is 42.0 Å². The van der Waals surface area contributed by atoms with Gasteiger partial charge in [0.2, 0.25) is 5.91 Å². The second-order valence-electron chi connectivity index (χ2n) is 7.80. The molecule has 3 rings (SSSR count). The van der Waals surface area contributed by atoms with Crippen molar-refractivity contribution in [2.75, 3.05) is 13.1 Å². The number of nitrogens with two attached hydrogens (primary N) is 1. The van der Waals surface area contributed by atoms with Gasteiger partial charge in [-0.15, -0.1) is 24.8 Å². The Morgan fingerprint density at radius 3 is 2.41 bits per heavy atom. The maximum Gasteiger partial charge on any atom is 0.222 e. The molecule has 6 heteroatoms. The average molecular weight is 438 g/mol. The van der Waals surface area contributed by atoms with Gasteiger partial charge in [-0.3, -0.25) is 9.69 Å². The number of nitrogens with zero attached hydrogens (tertiary/aromatic N) is 1. The van der Waals surface area contributed by atoms with Crippen LogP contribution in [0.2, 0.25) is 0 Å². The highest BCUT2D eigenvalue weighted by Crippen LogP contribution is 2.18. The van der Waals surface area contributed by atoms with Gasteiger partial charge in [0.25, 0.3) is 0 Å². The fraction of sp³-hybridized carbons (Fsp3) is 0.435. The molecular formula is C23H33Cl2N3O. The summed E-state index contributed by atoms with van der Waals surface area (Å²) in [6.07, 6.45) is 2.95. The Morgan fingerprint density at radius 1 is 1.10 bits per heavy atom. The third-order valence-electron chi connectivity index (χ3n) is 5.29. The van der Waals surface area contributed by atoms with E-state index >= 15 is 0 Å².